The lowest BCUT2D eigenvalue weighted by Gasteiger charge is -2.27. The summed E-state index contributed by atoms with van der Waals surface area (Å²) >= 11 is 0. The van der Waals surface area contributed by atoms with E-state index in [1.54, 1.807) is 19.2 Å². The van der Waals surface area contributed by atoms with Crippen LogP contribution in [0.2, 0.25) is 0 Å². The summed E-state index contributed by atoms with van der Waals surface area (Å²) in [5.41, 5.74) is 0.245. The summed E-state index contributed by atoms with van der Waals surface area (Å²) in [5, 5.41) is 2.66. The Labute approximate surface area is 156 Å². The largest absolute Gasteiger partial charge is 0.493 e. The number of carbonyl (C=O) groups is 1. The number of anilines is 1. The molecule has 0 aliphatic carbocycles. The molecule has 1 amide bonds. The molecule has 2 aromatic rings. The molecule has 1 aromatic carbocycles. The van der Waals surface area contributed by atoms with Crippen LogP contribution in [0.4, 0.5) is 5.82 Å². The van der Waals surface area contributed by atoms with E-state index < -0.39 is 17.2 Å². The number of ether oxygens (including phenoxy) is 2. The van der Waals surface area contributed by atoms with E-state index in [1.807, 2.05) is 13.0 Å². The zero-order chi connectivity index (χ0) is 19.7. The van der Waals surface area contributed by atoms with Gasteiger partial charge < -0.3 is 14.8 Å². The first kappa shape index (κ1) is 18.8. The van der Waals surface area contributed by atoms with Gasteiger partial charge in [0, 0.05) is 26.4 Å². The van der Waals surface area contributed by atoms with Crippen LogP contribution < -0.4 is 26.0 Å². The van der Waals surface area contributed by atoms with E-state index in [9.17, 15) is 14.4 Å². The molecule has 1 aliphatic heterocycles. The number of amides is 1. The molecular weight excluding hydrogens is 350 g/mol. The molecule has 0 spiro atoms. The van der Waals surface area contributed by atoms with Crippen LogP contribution in [0.5, 0.6) is 11.5 Å². The molecular formula is C19H23N3O5. The minimum absolute atomic E-state index is 0.110. The minimum Gasteiger partial charge on any atom is -0.493 e. The van der Waals surface area contributed by atoms with Crippen molar-refractivity contribution in [2.45, 2.75) is 25.7 Å². The molecule has 1 atom stereocenters. The first-order chi connectivity index (χ1) is 12.9. The van der Waals surface area contributed by atoms with Crippen LogP contribution >= 0.6 is 0 Å². The van der Waals surface area contributed by atoms with Gasteiger partial charge in [0.2, 0.25) is 5.91 Å². The van der Waals surface area contributed by atoms with E-state index in [1.165, 1.54) is 18.7 Å². The maximum atomic E-state index is 12.8. The molecule has 0 saturated carbocycles. The van der Waals surface area contributed by atoms with Gasteiger partial charge in [0.05, 0.1) is 19.3 Å². The molecule has 1 aliphatic rings. The quantitative estimate of drug-likeness (QED) is 0.854. The van der Waals surface area contributed by atoms with E-state index in [-0.39, 0.29) is 18.1 Å². The second-order valence-corrected chi connectivity index (χ2v) is 6.53. The second-order valence-electron chi connectivity index (χ2n) is 6.53. The molecule has 144 valence electrons. The molecule has 0 fully saturated rings. The monoisotopic (exact) mass is 373 g/mol. The van der Waals surface area contributed by atoms with Crippen molar-refractivity contribution in [1.29, 1.82) is 0 Å². The zero-order valence-electron chi connectivity index (χ0n) is 15.9. The van der Waals surface area contributed by atoms with Gasteiger partial charge in [0.1, 0.15) is 5.82 Å². The van der Waals surface area contributed by atoms with Crippen molar-refractivity contribution in [3.63, 3.8) is 0 Å². The van der Waals surface area contributed by atoms with Crippen molar-refractivity contribution in [2.75, 3.05) is 19.0 Å². The standard InChI is InChI=1S/C19H23N3O5/c1-5-8-27-13-7-6-11(9-14(13)26-4)12-10-15(23)20-17-16(12)18(24)22(3)19(25)21(17)2/h6-7,9,12H,5,8,10H2,1-4H3,(H,20,23)/t12-/m1/s1. The molecule has 8 nitrogen and oxygen atoms in total. The highest BCUT2D eigenvalue weighted by Gasteiger charge is 2.32. The van der Waals surface area contributed by atoms with Crippen molar-refractivity contribution in [3.8, 4) is 11.5 Å². The first-order valence-corrected chi connectivity index (χ1v) is 8.79. The highest BCUT2D eigenvalue weighted by atomic mass is 16.5. The number of hydrogen-bond acceptors (Lipinski definition) is 5. The fourth-order valence-electron chi connectivity index (χ4n) is 3.32. The molecule has 3 rings (SSSR count). The Hall–Kier alpha value is -3.03. The number of aromatic nitrogens is 2. The van der Waals surface area contributed by atoms with Crippen LogP contribution in [0.15, 0.2) is 27.8 Å². The smallest absolute Gasteiger partial charge is 0.332 e. The van der Waals surface area contributed by atoms with Gasteiger partial charge in [-0.1, -0.05) is 13.0 Å². The lowest BCUT2D eigenvalue weighted by Crippen LogP contribution is -2.44. The van der Waals surface area contributed by atoms with Crippen LogP contribution in [-0.4, -0.2) is 28.8 Å². The summed E-state index contributed by atoms with van der Waals surface area (Å²) in [5.74, 6) is 0.663. The molecule has 0 bridgehead atoms. The Morgan fingerprint density at radius 2 is 1.89 bits per heavy atom. The average Bonchev–Trinajstić information content (AvgIpc) is 2.68. The third kappa shape index (κ3) is 3.22. The normalized spacial score (nSPS) is 15.9. The number of fused-ring (bicyclic) bond motifs is 1. The molecule has 1 aromatic heterocycles. The maximum Gasteiger partial charge on any atom is 0.332 e. The highest BCUT2D eigenvalue weighted by molar-refractivity contribution is 5.94. The van der Waals surface area contributed by atoms with E-state index in [4.69, 9.17) is 9.47 Å². The Balaban J connectivity index is 2.16. The molecule has 0 unspecified atom stereocenters. The summed E-state index contributed by atoms with van der Waals surface area (Å²) in [6, 6.07) is 5.39. The van der Waals surface area contributed by atoms with Crippen molar-refractivity contribution in [2.24, 2.45) is 14.1 Å². The summed E-state index contributed by atoms with van der Waals surface area (Å²) < 4.78 is 13.4. The molecule has 27 heavy (non-hydrogen) atoms. The predicted molar refractivity (Wildman–Crippen MR) is 101 cm³/mol. The Bertz CT molecular complexity index is 1010. The van der Waals surface area contributed by atoms with Gasteiger partial charge in [-0.05, 0) is 24.1 Å². The van der Waals surface area contributed by atoms with Gasteiger partial charge in [-0.25, -0.2) is 4.79 Å². The van der Waals surface area contributed by atoms with E-state index in [2.05, 4.69) is 5.32 Å². The lowest BCUT2D eigenvalue weighted by molar-refractivity contribution is -0.116. The number of rotatable bonds is 5. The van der Waals surface area contributed by atoms with Gasteiger partial charge in [0.25, 0.3) is 5.56 Å². The molecule has 0 saturated heterocycles. The number of nitrogens with one attached hydrogen (secondary N) is 1. The number of hydrogen-bond donors (Lipinski definition) is 1. The number of carbonyl (C=O) groups excluding carboxylic acids is 1. The SMILES string of the molecule is CCCOc1ccc([C@H]2CC(=O)Nc3c2c(=O)n(C)c(=O)n3C)cc1OC. The average molecular weight is 373 g/mol. The van der Waals surface area contributed by atoms with Crippen LogP contribution in [-0.2, 0) is 18.9 Å². The Kier molecular flexibility index (Phi) is 5.07. The van der Waals surface area contributed by atoms with Gasteiger partial charge >= 0.3 is 5.69 Å². The van der Waals surface area contributed by atoms with Gasteiger partial charge in [0.15, 0.2) is 11.5 Å². The van der Waals surface area contributed by atoms with E-state index in [0.717, 1.165) is 16.6 Å². The van der Waals surface area contributed by atoms with Crippen LogP contribution in [0.25, 0.3) is 0 Å². The first-order valence-electron chi connectivity index (χ1n) is 8.79. The summed E-state index contributed by atoms with van der Waals surface area (Å²) in [6.07, 6.45) is 0.976. The third-order valence-electron chi connectivity index (χ3n) is 4.75. The summed E-state index contributed by atoms with van der Waals surface area (Å²) in [4.78, 5) is 37.2. The van der Waals surface area contributed by atoms with Gasteiger partial charge in [-0.15, -0.1) is 0 Å². The second kappa shape index (κ2) is 7.30. The fourth-order valence-corrected chi connectivity index (χ4v) is 3.32. The van der Waals surface area contributed by atoms with E-state index >= 15 is 0 Å². The van der Waals surface area contributed by atoms with Crippen molar-refractivity contribution in [1.82, 2.24) is 9.13 Å². The number of methoxy groups -OCH3 is 1. The molecule has 8 heteroatoms. The zero-order valence-corrected chi connectivity index (χ0v) is 15.9. The maximum absolute atomic E-state index is 12.8. The highest BCUT2D eigenvalue weighted by Crippen LogP contribution is 2.38. The molecule has 1 N–H and O–H groups in total. The summed E-state index contributed by atoms with van der Waals surface area (Å²) in [6.45, 7) is 2.57. The van der Waals surface area contributed by atoms with Crippen LogP contribution in [0.3, 0.4) is 0 Å². The van der Waals surface area contributed by atoms with Gasteiger partial charge in [-0.2, -0.15) is 0 Å². The van der Waals surface area contributed by atoms with E-state index in [0.29, 0.717) is 23.7 Å². The van der Waals surface area contributed by atoms with Crippen molar-refractivity contribution in [3.05, 3.63) is 50.2 Å². The van der Waals surface area contributed by atoms with Crippen LogP contribution in [0.1, 0.15) is 36.8 Å². The Morgan fingerprint density at radius 1 is 1.15 bits per heavy atom. The topological polar surface area (TPSA) is 91.6 Å². The predicted octanol–water partition coefficient (Wildman–Crippen LogP) is 1.36. The van der Waals surface area contributed by atoms with Crippen molar-refractivity contribution < 1.29 is 14.3 Å². The minimum atomic E-state index is -0.486. The summed E-state index contributed by atoms with van der Waals surface area (Å²) in [7, 11) is 4.51. The third-order valence-corrected chi connectivity index (χ3v) is 4.75. The lowest BCUT2D eigenvalue weighted by atomic mass is 9.86. The number of benzene rings is 1. The number of nitrogens with zero attached hydrogens (tertiary/aromatic N) is 2. The van der Waals surface area contributed by atoms with Crippen LogP contribution in [0, 0.1) is 0 Å². The molecule has 2 heterocycles. The fraction of sp³-hybridized carbons (Fsp3) is 0.421. The molecule has 0 radical (unpaired) electrons. The Morgan fingerprint density at radius 3 is 2.56 bits per heavy atom. The van der Waals surface area contributed by atoms with Gasteiger partial charge in [-0.3, -0.25) is 18.7 Å². The van der Waals surface area contributed by atoms with Crippen molar-refractivity contribution >= 4 is 11.7 Å².